The second-order valence-electron chi connectivity index (χ2n) is 5.39. The standard InChI is InChI=1S/C13H20BFO2PS/c1-12(2,13(3,4)19)17-14-8-6-7-9(15)10(16-5)11(8)18/h6-7,19H,18H2,1-5H3. The molecule has 0 aliphatic rings. The van der Waals surface area contributed by atoms with Crippen molar-refractivity contribution in [3.63, 3.8) is 0 Å². The van der Waals surface area contributed by atoms with Crippen LogP contribution in [0.2, 0.25) is 0 Å². The summed E-state index contributed by atoms with van der Waals surface area (Å²) in [5.74, 6) is -0.177. The Bertz CT molecular complexity index is 461. The SMILES string of the molecule is COc1c(F)ccc([B]OC(C)(C)C(C)(C)S)c1P. The second kappa shape index (κ2) is 6.03. The summed E-state index contributed by atoms with van der Waals surface area (Å²) >= 11 is 4.53. The Morgan fingerprint density at radius 2 is 1.84 bits per heavy atom. The van der Waals surface area contributed by atoms with Crippen LogP contribution >= 0.6 is 21.9 Å². The van der Waals surface area contributed by atoms with E-state index in [2.05, 4.69) is 21.9 Å². The maximum absolute atomic E-state index is 13.5. The number of benzene rings is 1. The van der Waals surface area contributed by atoms with Crippen molar-refractivity contribution < 1.29 is 13.8 Å². The van der Waals surface area contributed by atoms with Gasteiger partial charge in [-0.3, -0.25) is 0 Å². The Morgan fingerprint density at radius 3 is 2.32 bits per heavy atom. The summed E-state index contributed by atoms with van der Waals surface area (Å²) in [6.07, 6.45) is 0. The number of ether oxygens (including phenoxy) is 1. The zero-order chi connectivity index (χ0) is 14.8. The normalized spacial score (nSPS) is 12.4. The fourth-order valence-corrected chi connectivity index (χ4v) is 1.73. The molecule has 105 valence electrons. The van der Waals surface area contributed by atoms with Gasteiger partial charge in [0.1, 0.15) is 0 Å². The first-order valence-corrected chi connectivity index (χ1v) is 6.98. The maximum atomic E-state index is 13.5. The molecule has 0 fully saturated rings. The van der Waals surface area contributed by atoms with Crippen LogP contribution in [-0.2, 0) is 4.65 Å². The topological polar surface area (TPSA) is 18.5 Å². The predicted octanol–water partition coefficient (Wildman–Crippen LogP) is 2.08. The molecular formula is C13H20BFO2PS. The van der Waals surface area contributed by atoms with Crippen LogP contribution in [-0.4, -0.2) is 24.9 Å². The van der Waals surface area contributed by atoms with E-state index in [9.17, 15) is 4.39 Å². The summed E-state index contributed by atoms with van der Waals surface area (Å²) in [5.41, 5.74) is 0.295. The molecule has 1 rings (SSSR count). The van der Waals surface area contributed by atoms with E-state index < -0.39 is 11.4 Å². The molecule has 0 aliphatic heterocycles. The van der Waals surface area contributed by atoms with Crippen LogP contribution in [0.3, 0.4) is 0 Å². The average Bonchev–Trinajstić information content (AvgIpc) is 2.27. The van der Waals surface area contributed by atoms with E-state index in [0.717, 1.165) is 5.46 Å². The highest BCUT2D eigenvalue weighted by Gasteiger charge is 2.34. The zero-order valence-electron chi connectivity index (χ0n) is 12.0. The van der Waals surface area contributed by atoms with Crippen molar-refractivity contribution in [2.45, 2.75) is 38.0 Å². The van der Waals surface area contributed by atoms with E-state index in [1.165, 1.54) is 13.2 Å². The van der Waals surface area contributed by atoms with Crippen molar-refractivity contribution in [2.24, 2.45) is 0 Å². The van der Waals surface area contributed by atoms with E-state index in [0.29, 0.717) is 5.30 Å². The molecule has 0 amide bonds. The molecule has 0 saturated carbocycles. The third kappa shape index (κ3) is 3.87. The molecule has 19 heavy (non-hydrogen) atoms. The van der Waals surface area contributed by atoms with Crippen LogP contribution in [0.15, 0.2) is 12.1 Å². The largest absolute Gasteiger partial charge is 0.493 e. The Hall–Kier alpha value is -0.245. The van der Waals surface area contributed by atoms with Gasteiger partial charge in [0.25, 0.3) is 0 Å². The highest BCUT2D eigenvalue weighted by atomic mass is 32.1. The molecule has 0 aromatic heterocycles. The van der Waals surface area contributed by atoms with Gasteiger partial charge < -0.3 is 9.39 Å². The van der Waals surface area contributed by atoms with Crippen LogP contribution in [0.1, 0.15) is 27.7 Å². The molecule has 2 nitrogen and oxygen atoms in total. The minimum Gasteiger partial charge on any atom is -0.493 e. The van der Waals surface area contributed by atoms with Crippen LogP contribution in [0.4, 0.5) is 4.39 Å². The lowest BCUT2D eigenvalue weighted by atomic mass is 9.83. The molecule has 0 bridgehead atoms. The van der Waals surface area contributed by atoms with Crippen molar-refractivity contribution in [3.05, 3.63) is 17.9 Å². The Kier molecular flexibility index (Phi) is 5.33. The first-order valence-electron chi connectivity index (χ1n) is 5.95. The first-order chi connectivity index (χ1) is 8.60. The highest BCUT2D eigenvalue weighted by Crippen LogP contribution is 2.30. The summed E-state index contributed by atoms with van der Waals surface area (Å²) < 4.78 is 24.0. The molecule has 0 heterocycles. The first kappa shape index (κ1) is 16.8. The van der Waals surface area contributed by atoms with E-state index in [1.54, 1.807) is 13.5 Å². The van der Waals surface area contributed by atoms with E-state index in [-0.39, 0.29) is 10.5 Å². The van der Waals surface area contributed by atoms with Gasteiger partial charge in [-0.25, -0.2) is 4.39 Å². The molecule has 1 radical (unpaired) electrons. The van der Waals surface area contributed by atoms with Crippen LogP contribution in [0, 0.1) is 5.82 Å². The minimum atomic E-state index is -0.463. The highest BCUT2D eigenvalue weighted by molar-refractivity contribution is 7.81. The van der Waals surface area contributed by atoms with E-state index >= 15 is 0 Å². The molecule has 0 aliphatic carbocycles. The lowest BCUT2D eigenvalue weighted by Gasteiger charge is -2.38. The summed E-state index contributed by atoms with van der Waals surface area (Å²) in [7, 11) is 5.53. The third-order valence-electron chi connectivity index (χ3n) is 3.34. The number of methoxy groups -OCH3 is 1. The van der Waals surface area contributed by atoms with Gasteiger partial charge in [0.05, 0.1) is 12.7 Å². The van der Waals surface area contributed by atoms with Gasteiger partial charge in [-0.2, -0.15) is 12.6 Å². The van der Waals surface area contributed by atoms with Crippen molar-refractivity contribution in [1.82, 2.24) is 0 Å². The number of hydrogen-bond donors (Lipinski definition) is 1. The van der Waals surface area contributed by atoms with Gasteiger partial charge in [0, 0.05) is 10.1 Å². The van der Waals surface area contributed by atoms with Gasteiger partial charge in [0.15, 0.2) is 11.6 Å². The summed E-state index contributed by atoms with van der Waals surface area (Å²) in [6.45, 7) is 7.88. The van der Waals surface area contributed by atoms with Crippen LogP contribution in [0.25, 0.3) is 0 Å². The second-order valence-corrected chi connectivity index (χ2v) is 7.08. The Labute approximate surface area is 123 Å². The van der Waals surface area contributed by atoms with Gasteiger partial charge in [-0.05, 0) is 39.2 Å². The minimum absolute atomic E-state index is 0.213. The number of hydrogen-bond acceptors (Lipinski definition) is 3. The fourth-order valence-electron chi connectivity index (χ4n) is 1.25. The zero-order valence-corrected chi connectivity index (χ0v) is 14.0. The molecule has 1 aromatic rings. The molecule has 6 heteroatoms. The van der Waals surface area contributed by atoms with Crippen molar-refractivity contribution in [3.8, 4) is 5.75 Å². The number of halogens is 1. The predicted molar refractivity (Wildman–Crippen MR) is 85.9 cm³/mol. The van der Waals surface area contributed by atoms with Crippen LogP contribution < -0.4 is 15.5 Å². The van der Waals surface area contributed by atoms with Crippen molar-refractivity contribution in [2.75, 3.05) is 7.11 Å². The molecule has 1 unspecified atom stereocenters. The number of rotatable bonds is 5. The van der Waals surface area contributed by atoms with Gasteiger partial charge in [0.2, 0.25) is 0 Å². The van der Waals surface area contributed by atoms with Crippen molar-refractivity contribution in [1.29, 1.82) is 0 Å². The summed E-state index contributed by atoms with van der Waals surface area (Å²) in [5, 5.41) is 0.635. The third-order valence-corrected chi connectivity index (χ3v) is 4.47. The number of thiol groups is 1. The van der Waals surface area contributed by atoms with E-state index in [4.69, 9.17) is 9.39 Å². The molecule has 1 atom stereocenters. The molecule has 0 spiro atoms. The van der Waals surface area contributed by atoms with Gasteiger partial charge >= 0.3 is 7.48 Å². The monoisotopic (exact) mass is 301 g/mol. The molecular weight excluding hydrogens is 281 g/mol. The van der Waals surface area contributed by atoms with Crippen molar-refractivity contribution >= 4 is 40.1 Å². The van der Waals surface area contributed by atoms with Gasteiger partial charge in [-0.15, -0.1) is 9.24 Å². The summed E-state index contributed by atoms with van der Waals surface area (Å²) in [4.78, 5) is 0. The molecule has 1 aromatic carbocycles. The fraction of sp³-hybridized carbons (Fsp3) is 0.538. The lowest BCUT2D eigenvalue weighted by molar-refractivity contribution is 0.0855. The summed E-state index contributed by atoms with van der Waals surface area (Å²) in [6, 6.07) is 3.02. The van der Waals surface area contributed by atoms with Gasteiger partial charge in [-0.1, -0.05) is 6.07 Å². The molecule has 0 N–H and O–H groups in total. The maximum Gasteiger partial charge on any atom is 0.331 e. The van der Waals surface area contributed by atoms with Crippen LogP contribution in [0.5, 0.6) is 5.75 Å². The molecule has 0 saturated heterocycles. The quantitative estimate of drug-likeness (QED) is 0.510. The average molecular weight is 301 g/mol. The lowest BCUT2D eigenvalue weighted by Crippen LogP contribution is -2.47. The smallest absolute Gasteiger partial charge is 0.331 e. The van der Waals surface area contributed by atoms with E-state index in [1.807, 2.05) is 27.7 Å². The Morgan fingerprint density at radius 1 is 1.26 bits per heavy atom. The Balaban J connectivity index is 2.91.